The molecule has 0 atom stereocenters. The van der Waals surface area contributed by atoms with Crippen LogP contribution < -0.4 is 0 Å². The van der Waals surface area contributed by atoms with Crippen molar-refractivity contribution in [2.45, 2.75) is 38.5 Å². The average molecular weight is 178 g/mol. The Morgan fingerprint density at radius 3 is 2.54 bits per heavy atom. The summed E-state index contributed by atoms with van der Waals surface area (Å²) in [5.74, 6) is 0.943. The fourth-order valence-corrected chi connectivity index (χ4v) is 1.86. The van der Waals surface area contributed by atoms with Gasteiger partial charge >= 0.3 is 0 Å². The Hall–Kier alpha value is -0.850. The van der Waals surface area contributed by atoms with Gasteiger partial charge in [0.25, 0.3) is 0 Å². The molecule has 0 nitrogen and oxygen atoms in total. The molecule has 13 heavy (non-hydrogen) atoms. The Balaban J connectivity index is 2.47. The molecule has 0 amide bonds. The van der Waals surface area contributed by atoms with Gasteiger partial charge in [-0.25, -0.2) is 4.39 Å². The molecular formula is C12H15F. The van der Waals surface area contributed by atoms with Gasteiger partial charge in [0.15, 0.2) is 0 Å². The van der Waals surface area contributed by atoms with E-state index < -0.39 is 0 Å². The quantitative estimate of drug-likeness (QED) is 0.645. The molecule has 1 aromatic carbocycles. The number of hydrogen-bond acceptors (Lipinski definition) is 0. The van der Waals surface area contributed by atoms with Crippen LogP contribution in [0.15, 0.2) is 18.2 Å². The van der Waals surface area contributed by atoms with Crippen LogP contribution in [0, 0.1) is 5.82 Å². The topological polar surface area (TPSA) is 0 Å². The molecule has 0 unspecified atom stereocenters. The van der Waals surface area contributed by atoms with Crippen LogP contribution in [0.2, 0.25) is 0 Å². The van der Waals surface area contributed by atoms with E-state index in [2.05, 4.69) is 19.9 Å². The Morgan fingerprint density at radius 2 is 2.00 bits per heavy atom. The molecule has 1 fully saturated rings. The summed E-state index contributed by atoms with van der Waals surface area (Å²) in [4.78, 5) is 0. The second kappa shape index (κ2) is 3.13. The summed E-state index contributed by atoms with van der Waals surface area (Å²) < 4.78 is 13.5. The van der Waals surface area contributed by atoms with Crippen LogP contribution in [0.3, 0.4) is 0 Å². The molecule has 0 saturated heterocycles. The molecule has 0 aliphatic heterocycles. The van der Waals surface area contributed by atoms with Crippen LogP contribution in [-0.2, 0) is 0 Å². The standard InChI is InChI=1S/C12H15F/c1-8(2)10-4-3-5-11(13)12(10)9-6-7-9/h3-5,8-9H,6-7H2,1-2H3. The summed E-state index contributed by atoms with van der Waals surface area (Å²) >= 11 is 0. The van der Waals surface area contributed by atoms with Crippen molar-refractivity contribution >= 4 is 0 Å². The SMILES string of the molecule is CC(C)c1cccc(F)c1C1CC1. The molecule has 0 aromatic heterocycles. The summed E-state index contributed by atoms with van der Waals surface area (Å²) in [6.45, 7) is 4.25. The lowest BCUT2D eigenvalue weighted by molar-refractivity contribution is 0.604. The van der Waals surface area contributed by atoms with E-state index in [4.69, 9.17) is 0 Å². The molecule has 70 valence electrons. The van der Waals surface area contributed by atoms with Gasteiger partial charge in [-0.2, -0.15) is 0 Å². The lowest BCUT2D eigenvalue weighted by atomic mass is 9.94. The number of benzene rings is 1. The predicted octanol–water partition coefficient (Wildman–Crippen LogP) is 3.83. The van der Waals surface area contributed by atoms with Gasteiger partial charge < -0.3 is 0 Å². The lowest BCUT2D eigenvalue weighted by Crippen LogP contribution is -1.97. The minimum Gasteiger partial charge on any atom is -0.207 e. The van der Waals surface area contributed by atoms with Gasteiger partial charge in [0.05, 0.1) is 0 Å². The molecule has 1 aromatic rings. The Labute approximate surface area is 78.8 Å². The fraction of sp³-hybridized carbons (Fsp3) is 0.500. The van der Waals surface area contributed by atoms with E-state index in [1.165, 1.54) is 18.4 Å². The third-order valence-corrected chi connectivity index (χ3v) is 2.69. The van der Waals surface area contributed by atoms with Gasteiger partial charge in [-0.05, 0) is 41.9 Å². The van der Waals surface area contributed by atoms with E-state index >= 15 is 0 Å². The summed E-state index contributed by atoms with van der Waals surface area (Å²) in [5, 5.41) is 0. The highest BCUT2D eigenvalue weighted by molar-refractivity contribution is 5.36. The van der Waals surface area contributed by atoms with Crippen molar-refractivity contribution in [3.63, 3.8) is 0 Å². The summed E-state index contributed by atoms with van der Waals surface area (Å²) in [5.41, 5.74) is 2.18. The van der Waals surface area contributed by atoms with Gasteiger partial charge in [-0.1, -0.05) is 26.0 Å². The highest BCUT2D eigenvalue weighted by Crippen LogP contribution is 2.44. The van der Waals surface area contributed by atoms with E-state index in [9.17, 15) is 4.39 Å². The van der Waals surface area contributed by atoms with Crippen molar-refractivity contribution in [3.05, 3.63) is 35.1 Å². The molecule has 1 saturated carbocycles. The molecule has 0 spiro atoms. The zero-order valence-electron chi connectivity index (χ0n) is 8.18. The Morgan fingerprint density at radius 1 is 1.31 bits per heavy atom. The van der Waals surface area contributed by atoms with Gasteiger partial charge in [-0.15, -0.1) is 0 Å². The Kier molecular flexibility index (Phi) is 2.10. The first kappa shape index (κ1) is 8.74. The van der Waals surface area contributed by atoms with Crippen molar-refractivity contribution in [2.75, 3.05) is 0 Å². The number of hydrogen-bond donors (Lipinski definition) is 0. The van der Waals surface area contributed by atoms with Crippen LogP contribution in [0.1, 0.15) is 49.7 Å². The van der Waals surface area contributed by atoms with Crippen molar-refractivity contribution in [1.82, 2.24) is 0 Å². The number of rotatable bonds is 2. The smallest absolute Gasteiger partial charge is 0.126 e. The van der Waals surface area contributed by atoms with Crippen LogP contribution in [0.25, 0.3) is 0 Å². The van der Waals surface area contributed by atoms with E-state index in [0.29, 0.717) is 11.8 Å². The van der Waals surface area contributed by atoms with Gasteiger partial charge in [0.1, 0.15) is 5.82 Å². The summed E-state index contributed by atoms with van der Waals surface area (Å²) in [6.07, 6.45) is 2.33. The van der Waals surface area contributed by atoms with Crippen molar-refractivity contribution in [1.29, 1.82) is 0 Å². The van der Waals surface area contributed by atoms with E-state index in [1.807, 2.05) is 6.07 Å². The van der Waals surface area contributed by atoms with E-state index in [1.54, 1.807) is 6.07 Å². The summed E-state index contributed by atoms with van der Waals surface area (Å²) in [6, 6.07) is 5.46. The zero-order valence-corrected chi connectivity index (χ0v) is 8.18. The average Bonchev–Trinajstić information content (AvgIpc) is 2.86. The third kappa shape index (κ3) is 1.60. The lowest BCUT2D eigenvalue weighted by Gasteiger charge is -2.12. The molecule has 0 radical (unpaired) electrons. The van der Waals surface area contributed by atoms with Crippen LogP contribution in [0.5, 0.6) is 0 Å². The molecule has 1 aliphatic rings. The Bertz CT molecular complexity index is 311. The minimum absolute atomic E-state index is 0.00583. The molecule has 0 heterocycles. The highest BCUT2D eigenvalue weighted by Gasteiger charge is 2.29. The first-order valence-corrected chi connectivity index (χ1v) is 4.98. The normalized spacial score (nSPS) is 16.6. The van der Waals surface area contributed by atoms with Crippen LogP contribution in [-0.4, -0.2) is 0 Å². The van der Waals surface area contributed by atoms with E-state index in [0.717, 1.165) is 5.56 Å². The molecule has 0 bridgehead atoms. The zero-order chi connectivity index (χ0) is 9.42. The highest BCUT2D eigenvalue weighted by atomic mass is 19.1. The molecule has 1 aliphatic carbocycles. The van der Waals surface area contributed by atoms with Crippen LogP contribution in [0.4, 0.5) is 4.39 Å². The van der Waals surface area contributed by atoms with Crippen molar-refractivity contribution < 1.29 is 4.39 Å². The van der Waals surface area contributed by atoms with Crippen molar-refractivity contribution in [2.24, 2.45) is 0 Å². The monoisotopic (exact) mass is 178 g/mol. The largest absolute Gasteiger partial charge is 0.207 e. The van der Waals surface area contributed by atoms with Gasteiger partial charge in [-0.3, -0.25) is 0 Å². The van der Waals surface area contributed by atoms with Crippen molar-refractivity contribution in [3.8, 4) is 0 Å². The second-order valence-corrected chi connectivity index (χ2v) is 4.17. The minimum atomic E-state index is -0.00583. The maximum Gasteiger partial charge on any atom is 0.126 e. The van der Waals surface area contributed by atoms with Gasteiger partial charge in [0, 0.05) is 0 Å². The predicted molar refractivity (Wildman–Crippen MR) is 52.5 cm³/mol. The number of halogens is 1. The summed E-state index contributed by atoms with van der Waals surface area (Å²) in [7, 11) is 0. The van der Waals surface area contributed by atoms with Gasteiger partial charge in [0.2, 0.25) is 0 Å². The first-order chi connectivity index (χ1) is 6.20. The second-order valence-electron chi connectivity index (χ2n) is 4.17. The molecule has 2 rings (SSSR count). The fourth-order valence-electron chi connectivity index (χ4n) is 1.86. The third-order valence-electron chi connectivity index (χ3n) is 2.69. The van der Waals surface area contributed by atoms with E-state index in [-0.39, 0.29) is 5.82 Å². The molecule has 0 N–H and O–H groups in total. The maximum absolute atomic E-state index is 13.5. The van der Waals surface area contributed by atoms with Crippen LogP contribution >= 0.6 is 0 Å². The molecule has 1 heteroatoms. The maximum atomic E-state index is 13.5. The first-order valence-electron chi connectivity index (χ1n) is 4.98. The molecular weight excluding hydrogens is 163 g/mol.